The molecule has 0 aliphatic heterocycles. The van der Waals surface area contributed by atoms with Gasteiger partial charge in [-0.3, -0.25) is 19.2 Å². The summed E-state index contributed by atoms with van der Waals surface area (Å²) >= 11 is 0. The summed E-state index contributed by atoms with van der Waals surface area (Å²) in [6, 6.07) is 10.8. The molecule has 0 saturated heterocycles. The Morgan fingerprint density at radius 1 is 0.421 bits per heavy atom. The minimum absolute atomic E-state index is 0.00954. The fraction of sp³-hybridized carbons (Fsp3) is 0.214. The summed E-state index contributed by atoms with van der Waals surface area (Å²) in [5.41, 5.74) is -0.723. The fourth-order valence-corrected chi connectivity index (χ4v) is 3.68. The molecule has 0 aromatic heterocycles. The number of ketones is 4. The van der Waals surface area contributed by atoms with Crippen molar-refractivity contribution in [1.82, 2.24) is 0 Å². The third-order valence-corrected chi connectivity index (χ3v) is 5.68. The molecule has 3 rings (SSSR count). The number of hydrogen-bond donors (Lipinski definition) is 0. The number of carbonyl (C=O) groups excluding carboxylic acids is 4. The van der Waals surface area contributed by atoms with Crippen LogP contribution in [-0.2, 0) is 0 Å². The van der Waals surface area contributed by atoms with Gasteiger partial charge in [-0.05, 0) is 42.5 Å². The molecule has 10 nitrogen and oxygen atoms in total. The molecule has 0 heterocycles. The van der Waals surface area contributed by atoms with E-state index in [-0.39, 0.29) is 51.0 Å². The molecular weight excluding hydrogens is 496 g/mol. The van der Waals surface area contributed by atoms with Crippen LogP contribution in [0.4, 0.5) is 0 Å². The summed E-state index contributed by atoms with van der Waals surface area (Å²) < 4.78 is 31.3. The third-order valence-electron chi connectivity index (χ3n) is 5.68. The van der Waals surface area contributed by atoms with Crippen LogP contribution in [0, 0.1) is 0 Å². The third kappa shape index (κ3) is 5.44. The van der Waals surface area contributed by atoms with Gasteiger partial charge in [0, 0.05) is 28.3 Å². The van der Waals surface area contributed by atoms with Crippen LogP contribution in [-0.4, -0.2) is 65.8 Å². The van der Waals surface area contributed by atoms with Gasteiger partial charge in [0.25, 0.3) is 0 Å². The Labute approximate surface area is 219 Å². The van der Waals surface area contributed by atoms with Gasteiger partial charge in [-0.15, -0.1) is 0 Å². The standard InChI is InChI=1S/C28H26O10/c1-33-17-9-16(10-18(12-17)34-2)26(30)28(32)20-14-24(38-6)23(37-5)13-19(20)27(31)25(29)15-7-8-21(35-3)22(11-15)36-4/h7-14H,1-6H3. The summed E-state index contributed by atoms with van der Waals surface area (Å²) in [4.78, 5) is 53.3. The van der Waals surface area contributed by atoms with Crippen LogP contribution in [0.5, 0.6) is 34.5 Å². The second-order valence-electron chi connectivity index (χ2n) is 7.74. The number of ether oxygens (including phenoxy) is 6. The molecular formula is C28H26O10. The number of rotatable bonds is 12. The summed E-state index contributed by atoms with van der Waals surface area (Å²) in [5.74, 6) is -2.66. The van der Waals surface area contributed by atoms with E-state index in [9.17, 15) is 19.2 Å². The summed E-state index contributed by atoms with van der Waals surface area (Å²) in [5, 5.41) is 0. The smallest absolute Gasteiger partial charge is 0.234 e. The maximum atomic E-state index is 13.5. The molecule has 0 amide bonds. The van der Waals surface area contributed by atoms with Gasteiger partial charge >= 0.3 is 0 Å². The predicted octanol–water partition coefficient (Wildman–Crippen LogP) is 3.87. The lowest BCUT2D eigenvalue weighted by Crippen LogP contribution is -2.22. The number of methoxy groups -OCH3 is 6. The first-order valence-electron chi connectivity index (χ1n) is 11.1. The monoisotopic (exact) mass is 522 g/mol. The quantitative estimate of drug-likeness (QED) is 0.256. The second-order valence-corrected chi connectivity index (χ2v) is 7.74. The highest BCUT2D eigenvalue weighted by molar-refractivity contribution is 6.54. The molecule has 0 atom stereocenters. The topological polar surface area (TPSA) is 124 Å². The minimum atomic E-state index is -1.05. The Kier molecular flexibility index (Phi) is 8.69. The number of Topliss-reactive ketones (excluding diaryl/α,β-unsaturated/α-hetero) is 4. The SMILES string of the molecule is COc1cc(OC)cc(C(=O)C(=O)c2cc(OC)c(OC)cc2C(=O)C(=O)c2ccc(OC)c(OC)c2)c1. The van der Waals surface area contributed by atoms with Gasteiger partial charge in [0.2, 0.25) is 23.1 Å². The zero-order valence-electron chi connectivity index (χ0n) is 21.7. The van der Waals surface area contributed by atoms with Crippen molar-refractivity contribution < 1.29 is 47.6 Å². The largest absolute Gasteiger partial charge is 0.497 e. The van der Waals surface area contributed by atoms with Gasteiger partial charge in [0.1, 0.15) is 11.5 Å². The highest BCUT2D eigenvalue weighted by atomic mass is 16.5. The van der Waals surface area contributed by atoms with Crippen molar-refractivity contribution in [2.24, 2.45) is 0 Å². The van der Waals surface area contributed by atoms with E-state index in [4.69, 9.17) is 28.4 Å². The second kappa shape index (κ2) is 11.9. The first kappa shape index (κ1) is 27.7. The Morgan fingerprint density at radius 3 is 1.26 bits per heavy atom. The van der Waals surface area contributed by atoms with Crippen molar-refractivity contribution in [3.8, 4) is 34.5 Å². The van der Waals surface area contributed by atoms with Gasteiger partial charge in [-0.25, -0.2) is 0 Å². The van der Waals surface area contributed by atoms with E-state index >= 15 is 0 Å². The van der Waals surface area contributed by atoms with Crippen LogP contribution in [0.15, 0.2) is 48.5 Å². The average Bonchev–Trinajstić information content (AvgIpc) is 2.97. The number of carbonyl (C=O) groups is 4. The molecule has 0 N–H and O–H groups in total. The van der Waals surface area contributed by atoms with Gasteiger partial charge < -0.3 is 28.4 Å². The average molecular weight is 523 g/mol. The molecule has 3 aromatic rings. The van der Waals surface area contributed by atoms with E-state index in [1.807, 2.05) is 0 Å². The summed E-state index contributed by atoms with van der Waals surface area (Å²) in [6.07, 6.45) is 0. The molecule has 198 valence electrons. The zero-order valence-corrected chi connectivity index (χ0v) is 21.7. The van der Waals surface area contributed by atoms with Crippen LogP contribution in [0.1, 0.15) is 41.4 Å². The lowest BCUT2D eigenvalue weighted by Gasteiger charge is -2.14. The van der Waals surface area contributed by atoms with E-state index in [1.165, 1.54) is 91.2 Å². The van der Waals surface area contributed by atoms with Crippen molar-refractivity contribution >= 4 is 23.1 Å². The molecule has 38 heavy (non-hydrogen) atoms. The predicted molar refractivity (Wildman–Crippen MR) is 136 cm³/mol. The van der Waals surface area contributed by atoms with Crippen LogP contribution >= 0.6 is 0 Å². The molecule has 0 unspecified atom stereocenters. The van der Waals surface area contributed by atoms with Crippen molar-refractivity contribution in [2.75, 3.05) is 42.7 Å². The zero-order chi connectivity index (χ0) is 28.0. The Morgan fingerprint density at radius 2 is 0.842 bits per heavy atom. The van der Waals surface area contributed by atoms with E-state index in [2.05, 4.69) is 0 Å². The first-order valence-corrected chi connectivity index (χ1v) is 11.1. The van der Waals surface area contributed by atoms with Crippen LogP contribution in [0.3, 0.4) is 0 Å². The van der Waals surface area contributed by atoms with Crippen molar-refractivity contribution in [1.29, 1.82) is 0 Å². The van der Waals surface area contributed by atoms with Gasteiger partial charge in [-0.2, -0.15) is 0 Å². The highest BCUT2D eigenvalue weighted by Crippen LogP contribution is 2.33. The molecule has 0 radical (unpaired) electrons. The Bertz CT molecular complexity index is 1380. The van der Waals surface area contributed by atoms with E-state index in [1.54, 1.807) is 0 Å². The van der Waals surface area contributed by atoms with E-state index < -0.39 is 23.1 Å². The molecule has 3 aromatic carbocycles. The van der Waals surface area contributed by atoms with Crippen molar-refractivity contribution in [3.63, 3.8) is 0 Å². The van der Waals surface area contributed by atoms with Crippen molar-refractivity contribution in [3.05, 3.63) is 70.8 Å². The van der Waals surface area contributed by atoms with Crippen LogP contribution in [0.25, 0.3) is 0 Å². The summed E-state index contributed by atoms with van der Waals surface area (Å²) in [6.45, 7) is 0. The number of benzene rings is 3. The van der Waals surface area contributed by atoms with E-state index in [0.29, 0.717) is 5.75 Å². The van der Waals surface area contributed by atoms with Gasteiger partial charge in [0.05, 0.1) is 42.7 Å². The molecule has 0 fully saturated rings. The van der Waals surface area contributed by atoms with Crippen LogP contribution < -0.4 is 28.4 Å². The fourth-order valence-electron chi connectivity index (χ4n) is 3.68. The lowest BCUT2D eigenvalue weighted by molar-refractivity contribution is 0.0800. The highest BCUT2D eigenvalue weighted by Gasteiger charge is 2.30. The van der Waals surface area contributed by atoms with Gasteiger partial charge in [-0.1, -0.05) is 0 Å². The summed E-state index contributed by atoms with van der Waals surface area (Å²) in [7, 11) is 8.28. The van der Waals surface area contributed by atoms with E-state index in [0.717, 1.165) is 0 Å². The van der Waals surface area contributed by atoms with Crippen molar-refractivity contribution in [2.45, 2.75) is 0 Å². The lowest BCUT2D eigenvalue weighted by atomic mass is 9.91. The molecule has 0 bridgehead atoms. The molecule has 0 spiro atoms. The first-order chi connectivity index (χ1) is 18.2. The Hall–Kier alpha value is -4.86. The number of hydrogen-bond acceptors (Lipinski definition) is 10. The molecule has 0 aliphatic rings. The Balaban J connectivity index is 2.13. The minimum Gasteiger partial charge on any atom is -0.497 e. The normalized spacial score (nSPS) is 10.3. The molecule has 0 aliphatic carbocycles. The molecule has 10 heteroatoms. The van der Waals surface area contributed by atoms with Gasteiger partial charge in [0.15, 0.2) is 23.0 Å². The molecule has 0 saturated carbocycles. The van der Waals surface area contributed by atoms with Crippen LogP contribution in [0.2, 0.25) is 0 Å². The maximum Gasteiger partial charge on any atom is 0.234 e. The maximum absolute atomic E-state index is 13.5.